The lowest BCUT2D eigenvalue weighted by molar-refractivity contribution is 0.0594. The number of nitrogens with one attached hydrogen (secondary N) is 1. The first kappa shape index (κ1) is 9.24. The van der Waals surface area contributed by atoms with Crippen LogP contribution >= 0.6 is 22.6 Å². The van der Waals surface area contributed by atoms with Crippen LogP contribution in [0.15, 0.2) is 17.1 Å². The summed E-state index contributed by atoms with van der Waals surface area (Å²) in [7, 11) is 1.26. The van der Waals surface area contributed by atoms with Gasteiger partial charge in [0.25, 0.3) is 0 Å². The van der Waals surface area contributed by atoms with E-state index in [9.17, 15) is 9.59 Å². The molecule has 64 valence electrons. The highest BCUT2D eigenvalue weighted by atomic mass is 127. The molecule has 1 aromatic heterocycles. The Kier molecular flexibility index (Phi) is 2.85. The fraction of sp³-hybridized carbons (Fsp3) is 0.143. The summed E-state index contributed by atoms with van der Waals surface area (Å²) >= 11 is 1.88. The van der Waals surface area contributed by atoms with Crippen LogP contribution in [0.25, 0.3) is 0 Å². The summed E-state index contributed by atoms with van der Waals surface area (Å²) in [6, 6.07) is 1.22. The summed E-state index contributed by atoms with van der Waals surface area (Å²) in [5.74, 6) is -0.538. The first-order valence-corrected chi connectivity index (χ1v) is 4.19. The van der Waals surface area contributed by atoms with Gasteiger partial charge in [0.2, 0.25) is 0 Å². The number of carbonyl (C=O) groups is 1. The van der Waals surface area contributed by atoms with Gasteiger partial charge in [0.1, 0.15) is 5.69 Å². The molecule has 0 aliphatic rings. The van der Waals surface area contributed by atoms with Crippen molar-refractivity contribution in [1.82, 2.24) is 4.98 Å². The molecule has 0 bridgehead atoms. The minimum Gasteiger partial charge on any atom is -0.464 e. The van der Waals surface area contributed by atoms with E-state index in [-0.39, 0.29) is 11.1 Å². The SMILES string of the molecule is COC(=O)c1cc(=O)c(I)c[nH]1. The van der Waals surface area contributed by atoms with Gasteiger partial charge in [-0.3, -0.25) is 4.79 Å². The normalized spacial score (nSPS) is 9.50. The maximum Gasteiger partial charge on any atom is 0.354 e. The van der Waals surface area contributed by atoms with E-state index < -0.39 is 5.97 Å². The maximum absolute atomic E-state index is 11.0. The molecule has 0 amide bonds. The van der Waals surface area contributed by atoms with Crippen molar-refractivity contribution in [3.05, 3.63) is 31.8 Å². The van der Waals surface area contributed by atoms with E-state index >= 15 is 0 Å². The van der Waals surface area contributed by atoms with Gasteiger partial charge >= 0.3 is 5.97 Å². The first-order chi connectivity index (χ1) is 5.65. The molecule has 0 atom stereocenters. The highest BCUT2D eigenvalue weighted by Gasteiger charge is 2.06. The van der Waals surface area contributed by atoms with E-state index in [0.717, 1.165) is 0 Å². The standard InChI is InChI=1S/C7H6INO3/c1-12-7(11)5-2-6(10)4(8)3-9-5/h2-3H,1H3,(H,9,10). The van der Waals surface area contributed by atoms with Gasteiger partial charge in [-0.1, -0.05) is 0 Å². The van der Waals surface area contributed by atoms with E-state index in [1.54, 1.807) is 0 Å². The molecule has 0 fully saturated rings. The second-order valence-electron chi connectivity index (χ2n) is 2.05. The number of esters is 1. The van der Waals surface area contributed by atoms with Gasteiger partial charge in [0.05, 0.1) is 10.7 Å². The van der Waals surface area contributed by atoms with E-state index in [4.69, 9.17) is 0 Å². The maximum atomic E-state index is 11.0. The smallest absolute Gasteiger partial charge is 0.354 e. The average molecular weight is 279 g/mol. The van der Waals surface area contributed by atoms with Gasteiger partial charge in [-0.05, 0) is 22.6 Å². The molecule has 0 aliphatic heterocycles. The quantitative estimate of drug-likeness (QED) is 0.610. The van der Waals surface area contributed by atoms with E-state index in [2.05, 4.69) is 9.72 Å². The number of hydrogen-bond acceptors (Lipinski definition) is 3. The summed E-state index contributed by atoms with van der Waals surface area (Å²) in [5, 5.41) is 0. The van der Waals surface area contributed by atoms with E-state index in [0.29, 0.717) is 3.57 Å². The molecule has 0 saturated carbocycles. The molecule has 1 N–H and O–H groups in total. The van der Waals surface area contributed by atoms with Crippen LogP contribution in [0.3, 0.4) is 0 Å². The largest absolute Gasteiger partial charge is 0.464 e. The van der Waals surface area contributed by atoms with Gasteiger partial charge in [0, 0.05) is 12.3 Å². The van der Waals surface area contributed by atoms with Gasteiger partial charge < -0.3 is 9.72 Å². The van der Waals surface area contributed by atoms with Crippen molar-refractivity contribution in [1.29, 1.82) is 0 Å². The zero-order valence-electron chi connectivity index (χ0n) is 6.26. The van der Waals surface area contributed by atoms with Crippen LogP contribution < -0.4 is 5.43 Å². The molecule has 5 heteroatoms. The van der Waals surface area contributed by atoms with Crippen molar-refractivity contribution >= 4 is 28.6 Å². The molecular formula is C7H6INO3. The Morgan fingerprint density at radius 1 is 1.67 bits per heavy atom. The van der Waals surface area contributed by atoms with Crippen molar-refractivity contribution in [2.75, 3.05) is 7.11 Å². The number of aromatic amines is 1. The Hall–Kier alpha value is -0.850. The van der Waals surface area contributed by atoms with Crippen LogP contribution in [0.5, 0.6) is 0 Å². The summed E-state index contributed by atoms with van der Waals surface area (Å²) in [6.07, 6.45) is 1.47. The second-order valence-corrected chi connectivity index (χ2v) is 3.21. The molecule has 12 heavy (non-hydrogen) atoms. The fourth-order valence-corrected chi connectivity index (χ4v) is 0.993. The number of hydrogen-bond donors (Lipinski definition) is 1. The van der Waals surface area contributed by atoms with Crippen molar-refractivity contribution in [3.8, 4) is 0 Å². The van der Waals surface area contributed by atoms with Crippen molar-refractivity contribution in [2.45, 2.75) is 0 Å². The summed E-state index contributed by atoms with van der Waals surface area (Å²) in [5.41, 5.74) is -0.0160. The van der Waals surface area contributed by atoms with Crippen molar-refractivity contribution in [2.24, 2.45) is 0 Å². The summed E-state index contributed by atoms with van der Waals surface area (Å²) in [4.78, 5) is 24.6. The van der Waals surface area contributed by atoms with E-state index in [1.165, 1.54) is 19.4 Å². The van der Waals surface area contributed by atoms with Crippen molar-refractivity contribution in [3.63, 3.8) is 0 Å². The molecule has 4 nitrogen and oxygen atoms in total. The molecule has 1 aromatic rings. The third kappa shape index (κ3) is 1.84. The minimum atomic E-state index is -0.538. The average Bonchev–Trinajstić information content (AvgIpc) is 2.08. The zero-order chi connectivity index (χ0) is 9.14. The first-order valence-electron chi connectivity index (χ1n) is 3.11. The number of methoxy groups -OCH3 is 1. The van der Waals surface area contributed by atoms with Gasteiger partial charge in [-0.2, -0.15) is 0 Å². The van der Waals surface area contributed by atoms with Crippen LogP contribution in [0.4, 0.5) is 0 Å². The van der Waals surface area contributed by atoms with Gasteiger partial charge in [-0.25, -0.2) is 4.79 Å². The Bertz CT molecular complexity index is 358. The van der Waals surface area contributed by atoms with Crippen LogP contribution in [0.2, 0.25) is 0 Å². The molecular weight excluding hydrogens is 273 g/mol. The molecule has 0 saturated heterocycles. The fourth-order valence-electron chi connectivity index (χ4n) is 0.682. The highest BCUT2D eigenvalue weighted by molar-refractivity contribution is 14.1. The van der Waals surface area contributed by atoms with Crippen molar-refractivity contribution < 1.29 is 9.53 Å². The number of halogens is 1. The van der Waals surface area contributed by atoms with Crippen LogP contribution in [0.1, 0.15) is 10.5 Å². The molecule has 0 spiro atoms. The van der Waals surface area contributed by atoms with Crippen LogP contribution in [-0.4, -0.2) is 18.1 Å². The molecule has 0 radical (unpaired) electrons. The lowest BCUT2D eigenvalue weighted by Gasteiger charge is -1.97. The number of pyridine rings is 1. The Morgan fingerprint density at radius 2 is 2.33 bits per heavy atom. The Morgan fingerprint density at radius 3 is 2.83 bits per heavy atom. The molecule has 0 aliphatic carbocycles. The highest BCUT2D eigenvalue weighted by Crippen LogP contribution is 1.97. The number of H-pyrrole nitrogens is 1. The van der Waals surface area contributed by atoms with Crippen LogP contribution in [0, 0.1) is 3.57 Å². The predicted octanol–water partition coefficient (Wildman–Crippen LogP) is 0.766. The summed E-state index contributed by atoms with van der Waals surface area (Å²) in [6.45, 7) is 0. The van der Waals surface area contributed by atoms with E-state index in [1.807, 2.05) is 22.6 Å². The van der Waals surface area contributed by atoms with Gasteiger partial charge in [-0.15, -0.1) is 0 Å². The second kappa shape index (κ2) is 3.70. The van der Waals surface area contributed by atoms with Crippen LogP contribution in [-0.2, 0) is 4.74 Å². The molecule has 0 aromatic carbocycles. The lowest BCUT2D eigenvalue weighted by Crippen LogP contribution is -2.12. The number of ether oxygens (including phenoxy) is 1. The predicted molar refractivity (Wildman–Crippen MR) is 51.1 cm³/mol. The number of aromatic nitrogens is 1. The third-order valence-corrected chi connectivity index (χ3v) is 2.11. The number of rotatable bonds is 1. The summed E-state index contributed by atoms with van der Waals surface area (Å²) < 4.78 is 4.96. The third-order valence-electron chi connectivity index (χ3n) is 1.27. The Balaban J connectivity index is 3.13. The van der Waals surface area contributed by atoms with Gasteiger partial charge in [0.15, 0.2) is 5.43 Å². The topological polar surface area (TPSA) is 59.2 Å². The molecule has 0 unspecified atom stereocenters. The number of carbonyl (C=O) groups excluding carboxylic acids is 1. The monoisotopic (exact) mass is 279 g/mol. The zero-order valence-corrected chi connectivity index (χ0v) is 8.41. The lowest BCUT2D eigenvalue weighted by atomic mass is 10.3. The Labute approximate surface area is 82.1 Å². The minimum absolute atomic E-state index is 0.169. The molecule has 1 rings (SSSR count). The molecule has 1 heterocycles.